The standard InChI is InChI=1S/C15H13F4NO3/c1-3-23-12(21)10-11(15(17,18)19)14(10)8-6-7(16)4-5-9(8)20(2)13(14)22/h4-6,10-11H,3H2,1-2H3/t10-,11+,14-/m1/s1. The minimum Gasteiger partial charge on any atom is -0.466 e. The fourth-order valence-electron chi connectivity index (χ4n) is 3.62. The van der Waals surface area contributed by atoms with Gasteiger partial charge in [-0.1, -0.05) is 0 Å². The van der Waals surface area contributed by atoms with Crippen molar-refractivity contribution in [2.45, 2.75) is 18.5 Å². The highest BCUT2D eigenvalue weighted by Gasteiger charge is 2.85. The van der Waals surface area contributed by atoms with Crippen molar-refractivity contribution in [3.63, 3.8) is 0 Å². The normalized spacial score (nSPS) is 29.0. The molecule has 1 aliphatic carbocycles. The van der Waals surface area contributed by atoms with Crippen molar-refractivity contribution in [1.82, 2.24) is 0 Å². The monoisotopic (exact) mass is 331 g/mol. The highest BCUT2D eigenvalue weighted by atomic mass is 19.4. The molecule has 1 spiro atoms. The molecule has 1 heterocycles. The number of nitrogens with zero attached hydrogens (tertiary/aromatic N) is 1. The lowest BCUT2D eigenvalue weighted by molar-refractivity contribution is -0.164. The number of benzene rings is 1. The van der Waals surface area contributed by atoms with E-state index in [1.807, 2.05) is 0 Å². The van der Waals surface area contributed by atoms with Gasteiger partial charge in [0.05, 0.1) is 18.4 Å². The summed E-state index contributed by atoms with van der Waals surface area (Å²) in [5.74, 6) is -6.60. The van der Waals surface area contributed by atoms with E-state index >= 15 is 0 Å². The highest BCUT2D eigenvalue weighted by Crippen LogP contribution is 2.70. The lowest BCUT2D eigenvalue weighted by Crippen LogP contribution is -2.33. The Kier molecular flexibility index (Phi) is 3.21. The number of likely N-dealkylation sites (N-methyl/N-ethyl adjacent to an activating group) is 1. The maximum Gasteiger partial charge on any atom is 0.394 e. The van der Waals surface area contributed by atoms with Gasteiger partial charge in [-0.2, -0.15) is 13.2 Å². The summed E-state index contributed by atoms with van der Waals surface area (Å²) < 4.78 is 58.5. The molecule has 1 fully saturated rings. The van der Waals surface area contributed by atoms with Crippen LogP contribution in [0.15, 0.2) is 18.2 Å². The molecule has 1 aromatic carbocycles. The van der Waals surface area contributed by atoms with Crippen LogP contribution in [0.3, 0.4) is 0 Å². The van der Waals surface area contributed by atoms with E-state index in [1.165, 1.54) is 20.0 Å². The molecule has 1 amide bonds. The van der Waals surface area contributed by atoms with Crippen LogP contribution < -0.4 is 4.90 Å². The topological polar surface area (TPSA) is 46.6 Å². The van der Waals surface area contributed by atoms with E-state index in [0.29, 0.717) is 0 Å². The van der Waals surface area contributed by atoms with Gasteiger partial charge in [0.1, 0.15) is 11.2 Å². The van der Waals surface area contributed by atoms with Crippen LogP contribution in [0.5, 0.6) is 0 Å². The Morgan fingerprint density at radius 2 is 2.04 bits per heavy atom. The maximum absolute atomic E-state index is 13.6. The number of carbonyl (C=O) groups is 2. The van der Waals surface area contributed by atoms with E-state index in [1.54, 1.807) is 0 Å². The second kappa shape index (κ2) is 4.69. The van der Waals surface area contributed by atoms with E-state index in [-0.39, 0.29) is 17.9 Å². The lowest BCUT2D eigenvalue weighted by atomic mass is 9.92. The van der Waals surface area contributed by atoms with Gasteiger partial charge in [0, 0.05) is 12.7 Å². The molecular formula is C15H13F4NO3. The number of hydrogen-bond acceptors (Lipinski definition) is 3. The van der Waals surface area contributed by atoms with Gasteiger partial charge in [-0.15, -0.1) is 0 Å². The van der Waals surface area contributed by atoms with E-state index in [0.717, 1.165) is 17.0 Å². The molecule has 0 radical (unpaired) electrons. The van der Waals surface area contributed by atoms with Gasteiger partial charge in [-0.05, 0) is 30.7 Å². The van der Waals surface area contributed by atoms with Crippen LogP contribution in [0.2, 0.25) is 0 Å². The summed E-state index contributed by atoms with van der Waals surface area (Å²) in [4.78, 5) is 25.5. The van der Waals surface area contributed by atoms with Crippen LogP contribution in [0, 0.1) is 17.7 Å². The summed E-state index contributed by atoms with van der Waals surface area (Å²) >= 11 is 0. The summed E-state index contributed by atoms with van der Waals surface area (Å²) in [5, 5.41) is 0. The van der Waals surface area contributed by atoms with E-state index in [4.69, 9.17) is 4.74 Å². The quantitative estimate of drug-likeness (QED) is 0.618. The molecular weight excluding hydrogens is 318 g/mol. The zero-order chi connectivity index (χ0) is 17.2. The van der Waals surface area contributed by atoms with E-state index in [9.17, 15) is 27.2 Å². The largest absolute Gasteiger partial charge is 0.466 e. The Hall–Kier alpha value is -2.12. The molecule has 1 aliphatic heterocycles. The first-order valence-electron chi connectivity index (χ1n) is 6.98. The van der Waals surface area contributed by atoms with Crippen molar-refractivity contribution in [1.29, 1.82) is 0 Å². The molecule has 8 heteroatoms. The second-order valence-electron chi connectivity index (χ2n) is 5.64. The number of hydrogen-bond donors (Lipinski definition) is 0. The number of anilines is 1. The highest BCUT2D eigenvalue weighted by molar-refractivity contribution is 6.14. The number of carbonyl (C=O) groups excluding carboxylic acids is 2. The summed E-state index contributed by atoms with van der Waals surface area (Å²) in [5.41, 5.74) is -2.04. The molecule has 0 bridgehead atoms. The zero-order valence-electron chi connectivity index (χ0n) is 12.3. The first-order valence-corrected chi connectivity index (χ1v) is 6.98. The fraction of sp³-hybridized carbons (Fsp3) is 0.467. The van der Waals surface area contributed by atoms with Crippen LogP contribution in [0.25, 0.3) is 0 Å². The fourth-order valence-corrected chi connectivity index (χ4v) is 3.62. The molecule has 4 nitrogen and oxygen atoms in total. The molecule has 1 saturated carbocycles. The Bertz CT molecular complexity index is 702. The van der Waals surface area contributed by atoms with Crippen molar-refractivity contribution in [2.75, 3.05) is 18.6 Å². The van der Waals surface area contributed by atoms with Gasteiger partial charge >= 0.3 is 12.1 Å². The van der Waals surface area contributed by atoms with Gasteiger partial charge in [0.15, 0.2) is 0 Å². The van der Waals surface area contributed by atoms with Crippen molar-refractivity contribution >= 4 is 17.6 Å². The van der Waals surface area contributed by atoms with Gasteiger partial charge in [-0.25, -0.2) is 4.39 Å². The Balaban J connectivity index is 2.18. The predicted molar refractivity (Wildman–Crippen MR) is 71.2 cm³/mol. The molecule has 2 aliphatic rings. The summed E-state index contributed by atoms with van der Waals surface area (Å²) in [6.45, 7) is 1.36. The molecule has 0 N–H and O–H groups in total. The summed E-state index contributed by atoms with van der Waals surface area (Å²) in [7, 11) is 1.31. The molecule has 23 heavy (non-hydrogen) atoms. The van der Waals surface area contributed by atoms with Crippen LogP contribution in [-0.2, 0) is 19.7 Å². The minimum atomic E-state index is -4.78. The number of halogens is 4. The molecule has 0 aromatic heterocycles. The maximum atomic E-state index is 13.6. The summed E-state index contributed by atoms with van der Waals surface area (Å²) in [6, 6.07) is 3.20. The number of esters is 1. The number of fused-ring (bicyclic) bond motifs is 2. The molecule has 0 saturated heterocycles. The van der Waals surface area contributed by atoms with Crippen molar-refractivity contribution in [3.05, 3.63) is 29.6 Å². The zero-order valence-corrected chi connectivity index (χ0v) is 12.3. The first-order chi connectivity index (χ1) is 10.7. The second-order valence-corrected chi connectivity index (χ2v) is 5.64. The third-order valence-electron chi connectivity index (χ3n) is 4.52. The minimum absolute atomic E-state index is 0.101. The molecule has 3 atom stereocenters. The SMILES string of the molecule is CCOC(=O)[C@H]1[C@H](C(F)(F)F)[C@]12C(=O)N(C)c1ccc(F)cc12. The Labute approximate surface area is 129 Å². The van der Waals surface area contributed by atoms with E-state index < -0.39 is 41.1 Å². The van der Waals surface area contributed by atoms with Gasteiger partial charge in [-0.3, -0.25) is 9.59 Å². The molecule has 1 aromatic rings. The smallest absolute Gasteiger partial charge is 0.394 e. The Morgan fingerprint density at radius 1 is 1.39 bits per heavy atom. The van der Waals surface area contributed by atoms with Crippen LogP contribution in [-0.4, -0.2) is 31.7 Å². The molecule has 0 unspecified atom stereocenters. The van der Waals surface area contributed by atoms with Crippen LogP contribution >= 0.6 is 0 Å². The van der Waals surface area contributed by atoms with E-state index in [2.05, 4.69) is 0 Å². The first kappa shape index (κ1) is 15.8. The van der Waals surface area contributed by atoms with Crippen LogP contribution in [0.4, 0.5) is 23.2 Å². The molecule has 3 rings (SSSR count). The summed E-state index contributed by atoms with van der Waals surface area (Å²) in [6.07, 6.45) is -4.78. The Morgan fingerprint density at radius 3 is 2.61 bits per heavy atom. The third-order valence-corrected chi connectivity index (χ3v) is 4.52. The third kappa shape index (κ3) is 1.90. The van der Waals surface area contributed by atoms with Gasteiger partial charge in [0.2, 0.25) is 5.91 Å². The van der Waals surface area contributed by atoms with Crippen molar-refractivity contribution < 1.29 is 31.9 Å². The number of rotatable bonds is 2. The van der Waals surface area contributed by atoms with Gasteiger partial charge < -0.3 is 9.64 Å². The number of ether oxygens (including phenoxy) is 1. The number of amides is 1. The van der Waals surface area contributed by atoms with Crippen molar-refractivity contribution in [2.24, 2.45) is 11.8 Å². The van der Waals surface area contributed by atoms with Crippen molar-refractivity contribution in [3.8, 4) is 0 Å². The lowest BCUT2D eigenvalue weighted by Gasteiger charge is -2.12. The average molecular weight is 331 g/mol. The van der Waals surface area contributed by atoms with Gasteiger partial charge in [0.25, 0.3) is 0 Å². The van der Waals surface area contributed by atoms with Crippen LogP contribution in [0.1, 0.15) is 12.5 Å². The number of alkyl halides is 3. The molecule has 124 valence electrons. The predicted octanol–water partition coefficient (Wildman–Crippen LogP) is 2.41. The average Bonchev–Trinajstić information content (AvgIpc) is 3.12.